The van der Waals surface area contributed by atoms with Gasteiger partial charge in [-0.15, -0.1) is 0 Å². The molecule has 0 radical (unpaired) electrons. The van der Waals surface area contributed by atoms with Gasteiger partial charge in [-0.25, -0.2) is 4.79 Å². The number of methoxy groups -OCH3 is 1. The monoisotopic (exact) mass is 328 g/mol. The minimum atomic E-state index is -0.0684. The fraction of sp³-hybridized carbons (Fsp3) is 0.462. The zero-order valence-corrected chi connectivity index (χ0v) is 12.6. The average Bonchev–Trinajstić information content (AvgIpc) is 2.67. The van der Waals surface area contributed by atoms with Gasteiger partial charge in [-0.1, -0.05) is 15.9 Å². The molecule has 1 fully saturated rings. The Kier molecular flexibility index (Phi) is 4.31. The predicted octanol–water partition coefficient (Wildman–Crippen LogP) is 1.86. The Balaban J connectivity index is 2.32. The van der Waals surface area contributed by atoms with E-state index >= 15 is 0 Å². The van der Waals surface area contributed by atoms with Crippen molar-refractivity contribution in [2.24, 2.45) is 0 Å². The maximum Gasteiger partial charge on any atom is 0.320 e. The lowest BCUT2D eigenvalue weighted by atomic mass is 10.1. The summed E-state index contributed by atoms with van der Waals surface area (Å²) in [5.74, 6) is 0.763. The lowest BCUT2D eigenvalue weighted by molar-refractivity contribution is 0.182. The van der Waals surface area contributed by atoms with Gasteiger partial charge >= 0.3 is 6.03 Å². The number of ether oxygens (including phenoxy) is 1. The van der Waals surface area contributed by atoms with E-state index in [0.29, 0.717) is 13.1 Å². The van der Waals surface area contributed by atoms with E-state index in [2.05, 4.69) is 15.9 Å². The van der Waals surface area contributed by atoms with E-state index in [1.165, 1.54) is 0 Å². The summed E-state index contributed by atoms with van der Waals surface area (Å²) in [6, 6.07) is 5.62. The van der Waals surface area contributed by atoms with Crippen LogP contribution in [0.4, 0.5) is 4.79 Å². The molecule has 1 saturated heterocycles. The molecule has 0 aliphatic carbocycles. The second kappa shape index (κ2) is 5.79. The number of urea groups is 1. The predicted molar refractivity (Wildman–Crippen MR) is 75.3 cm³/mol. The Hall–Kier alpha value is -1.27. The number of aliphatic hydroxyl groups excluding tert-OH is 1. The van der Waals surface area contributed by atoms with Gasteiger partial charge in [-0.2, -0.15) is 0 Å². The van der Waals surface area contributed by atoms with Crippen LogP contribution in [-0.4, -0.2) is 54.8 Å². The minimum absolute atomic E-state index is 0.0259. The number of nitrogens with zero attached hydrogens (tertiary/aromatic N) is 2. The van der Waals surface area contributed by atoms with Crippen LogP contribution in [0.5, 0.6) is 5.75 Å². The third kappa shape index (κ3) is 2.69. The van der Waals surface area contributed by atoms with Gasteiger partial charge in [0.15, 0.2) is 0 Å². The zero-order valence-electron chi connectivity index (χ0n) is 11.0. The number of carbonyl (C=O) groups excluding carboxylic acids is 1. The van der Waals surface area contributed by atoms with E-state index in [1.54, 1.807) is 24.0 Å². The molecule has 1 aliphatic rings. The molecule has 2 rings (SSSR count). The zero-order chi connectivity index (χ0) is 14.0. The number of likely N-dealkylation sites (N-methyl/N-ethyl adjacent to an activating group) is 1. The van der Waals surface area contributed by atoms with Crippen LogP contribution in [0.3, 0.4) is 0 Å². The third-order valence-corrected chi connectivity index (χ3v) is 3.85. The molecule has 1 heterocycles. The molecule has 0 saturated carbocycles. The van der Waals surface area contributed by atoms with Crippen LogP contribution in [0.15, 0.2) is 22.7 Å². The number of aliphatic hydroxyl groups is 1. The molecule has 6 heteroatoms. The molecule has 0 bridgehead atoms. The van der Waals surface area contributed by atoms with Crippen molar-refractivity contribution in [1.82, 2.24) is 9.80 Å². The molecule has 1 unspecified atom stereocenters. The van der Waals surface area contributed by atoms with E-state index in [0.717, 1.165) is 15.8 Å². The summed E-state index contributed by atoms with van der Waals surface area (Å²) in [5, 5.41) is 8.99. The van der Waals surface area contributed by atoms with Crippen molar-refractivity contribution >= 4 is 22.0 Å². The Morgan fingerprint density at radius 3 is 2.89 bits per heavy atom. The van der Waals surface area contributed by atoms with Gasteiger partial charge in [0.25, 0.3) is 0 Å². The summed E-state index contributed by atoms with van der Waals surface area (Å²) in [6.45, 7) is 0.890. The second-order valence-electron chi connectivity index (χ2n) is 4.47. The molecular formula is C13H17BrN2O3. The Bertz CT molecular complexity index is 481. The molecule has 1 N–H and O–H groups in total. The van der Waals surface area contributed by atoms with Gasteiger partial charge in [0.2, 0.25) is 0 Å². The molecule has 1 aliphatic heterocycles. The van der Waals surface area contributed by atoms with Crippen molar-refractivity contribution in [1.29, 1.82) is 0 Å². The summed E-state index contributed by atoms with van der Waals surface area (Å²) >= 11 is 3.44. The number of hydrogen-bond donors (Lipinski definition) is 1. The van der Waals surface area contributed by atoms with Crippen molar-refractivity contribution in [3.8, 4) is 5.75 Å². The number of β-amino-alcohol motifs (C(OH)–C–C–N with tert-alkyl or cyclic N) is 1. The first-order chi connectivity index (χ1) is 9.08. The maximum atomic E-state index is 12.1. The molecule has 104 valence electrons. The number of benzene rings is 1. The molecule has 2 amide bonds. The second-order valence-corrected chi connectivity index (χ2v) is 5.38. The van der Waals surface area contributed by atoms with Gasteiger partial charge in [0.1, 0.15) is 5.75 Å². The Labute approximate surface area is 120 Å². The van der Waals surface area contributed by atoms with Crippen molar-refractivity contribution < 1.29 is 14.6 Å². The Morgan fingerprint density at radius 1 is 1.53 bits per heavy atom. The quantitative estimate of drug-likeness (QED) is 0.917. The van der Waals surface area contributed by atoms with E-state index in [1.807, 2.05) is 18.2 Å². The van der Waals surface area contributed by atoms with Crippen molar-refractivity contribution in [3.05, 3.63) is 28.2 Å². The van der Waals surface area contributed by atoms with E-state index in [4.69, 9.17) is 9.84 Å². The number of hydrogen-bond acceptors (Lipinski definition) is 3. The maximum absolute atomic E-state index is 12.1. The van der Waals surface area contributed by atoms with Crippen molar-refractivity contribution in [2.75, 3.05) is 33.9 Å². The highest BCUT2D eigenvalue weighted by Gasteiger charge is 2.36. The van der Waals surface area contributed by atoms with Crippen LogP contribution >= 0.6 is 15.9 Å². The molecule has 5 nitrogen and oxygen atoms in total. The van der Waals surface area contributed by atoms with E-state index in [-0.39, 0.29) is 18.7 Å². The summed E-state index contributed by atoms with van der Waals surface area (Å²) < 4.78 is 6.31. The highest BCUT2D eigenvalue weighted by molar-refractivity contribution is 9.10. The molecule has 1 atom stereocenters. The van der Waals surface area contributed by atoms with E-state index < -0.39 is 0 Å². The number of rotatable bonds is 4. The third-order valence-electron chi connectivity index (χ3n) is 3.35. The molecule has 19 heavy (non-hydrogen) atoms. The lowest BCUT2D eigenvalue weighted by Gasteiger charge is -2.20. The van der Waals surface area contributed by atoms with Crippen LogP contribution in [0, 0.1) is 0 Å². The fourth-order valence-corrected chi connectivity index (χ4v) is 2.72. The summed E-state index contributed by atoms with van der Waals surface area (Å²) in [5.41, 5.74) is 0.966. The summed E-state index contributed by atoms with van der Waals surface area (Å²) in [7, 11) is 3.39. The Morgan fingerprint density at radius 2 is 2.26 bits per heavy atom. The molecule has 1 aromatic rings. The van der Waals surface area contributed by atoms with Gasteiger partial charge < -0.3 is 19.6 Å². The normalized spacial score (nSPS) is 19.2. The first-order valence-electron chi connectivity index (χ1n) is 6.04. The average molecular weight is 329 g/mol. The molecule has 1 aromatic carbocycles. The van der Waals surface area contributed by atoms with E-state index in [9.17, 15) is 4.79 Å². The first-order valence-corrected chi connectivity index (χ1v) is 6.83. The van der Waals surface area contributed by atoms with Crippen LogP contribution in [0.25, 0.3) is 0 Å². The van der Waals surface area contributed by atoms with Crippen LogP contribution < -0.4 is 4.74 Å². The largest absolute Gasteiger partial charge is 0.496 e. The van der Waals surface area contributed by atoms with Gasteiger partial charge in [0.05, 0.1) is 19.8 Å². The van der Waals surface area contributed by atoms with Crippen LogP contribution in [-0.2, 0) is 0 Å². The fourth-order valence-electron chi connectivity index (χ4n) is 2.35. The highest BCUT2D eigenvalue weighted by atomic mass is 79.9. The van der Waals surface area contributed by atoms with Gasteiger partial charge in [-0.05, 0) is 18.2 Å². The van der Waals surface area contributed by atoms with Gasteiger partial charge in [0, 0.05) is 30.2 Å². The van der Waals surface area contributed by atoms with Crippen molar-refractivity contribution in [2.45, 2.75) is 6.04 Å². The van der Waals surface area contributed by atoms with Gasteiger partial charge in [-0.3, -0.25) is 0 Å². The number of carbonyl (C=O) groups is 1. The van der Waals surface area contributed by atoms with Crippen LogP contribution in [0.1, 0.15) is 11.6 Å². The summed E-state index contributed by atoms with van der Waals surface area (Å²) in [6.07, 6.45) is 0. The van der Waals surface area contributed by atoms with Crippen molar-refractivity contribution in [3.63, 3.8) is 0 Å². The highest BCUT2D eigenvalue weighted by Crippen LogP contribution is 2.35. The topological polar surface area (TPSA) is 53.0 Å². The molecule has 0 spiro atoms. The van der Waals surface area contributed by atoms with Crippen LogP contribution in [0.2, 0.25) is 0 Å². The lowest BCUT2D eigenvalue weighted by Crippen LogP contribution is -2.31. The smallest absolute Gasteiger partial charge is 0.320 e. The first kappa shape index (κ1) is 14.1. The number of halogens is 1. The SMILES string of the molecule is COc1ccc(Br)cc1C1CN(CCO)C(=O)N1C. The molecule has 0 aromatic heterocycles. The minimum Gasteiger partial charge on any atom is -0.496 e. The number of amides is 2. The molecular weight excluding hydrogens is 312 g/mol. The summed E-state index contributed by atoms with van der Waals surface area (Å²) in [4.78, 5) is 15.4. The standard InChI is InChI=1S/C13H17BrN2O3/c1-15-11(8-16(5-6-17)13(15)18)10-7-9(14)3-4-12(10)19-2/h3-4,7,11,17H,5-6,8H2,1-2H3.